The van der Waals surface area contributed by atoms with Crippen molar-refractivity contribution in [1.29, 1.82) is 0 Å². The highest BCUT2D eigenvalue weighted by Crippen LogP contribution is 2.26. The highest BCUT2D eigenvalue weighted by atomic mass is 35.5. The van der Waals surface area contributed by atoms with Crippen molar-refractivity contribution in [2.45, 2.75) is 13.5 Å². The van der Waals surface area contributed by atoms with Gasteiger partial charge in [-0.05, 0) is 38.7 Å². The van der Waals surface area contributed by atoms with Gasteiger partial charge in [-0.1, -0.05) is 11.6 Å². The number of phenols is 1. The number of benzene rings is 1. The Balaban J connectivity index is 3.05. The van der Waals surface area contributed by atoms with Gasteiger partial charge in [-0.15, -0.1) is 0 Å². The molecule has 72 valence electrons. The second kappa shape index (κ2) is 3.99. The summed E-state index contributed by atoms with van der Waals surface area (Å²) in [4.78, 5) is 1.99. The lowest BCUT2D eigenvalue weighted by atomic mass is 10.1. The molecule has 0 radical (unpaired) electrons. The summed E-state index contributed by atoms with van der Waals surface area (Å²) in [6, 6.07) is 3.56. The quantitative estimate of drug-likeness (QED) is 0.791. The van der Waals surface area contributed by atoms with E-state index in [4.69, 9.17) is 11.6 Å². The van der Waals surface area contributed by atoms with Crippen LogP contribution in [0.4, 0.5) is 0 Å². The van der Waals surface area contributed by atoms with Crippen molar-refractivity contribution in [2.75, 3.05) is 14.1 Å². The van der Waals surface area contributed by atoms with Crippen molar-refractivity contribution in [3.8, 4) is 5.75 Å². The van der Waals surface area contributed by atoms with Crippen molar-refractivity contribution in [2.24, 2.45) is 0 Å². The first kappa shape index (κ1) is 10.4. The molecule has 3 heteroatoms. The van der Waals surface area contributed by atoms with Crippen molar-refractivity contribution in [3.05, 3.63) is 28.3 Å². The first-order valence-corrected chi connectivity index (χ1v) is 4.51. The third-order valence-electron chi connectivity index (χ3n) is 1.83. The normalized spacial score (nSPS) is 10.8. The molecule has 0 unspecified atom stereocenters. The molecule has 0 aromatic heterocycles. The van der Waals surface area contributed by atoms with Crippen LogP contribution in [0.3, 0.4) is 0 Å². The van der Waals surface area contributed by atoms with Gasteiger partial charge >= 0.3 is 0 Å². The van der Waals surface area contributed by atoms with Crippen molar-refractivity contribution in [1.82, 2.24) is 4.90 Å². The molecular weight excluding hydrogens is 186 g/mol. The van der Waals surface area contributed by atoms with Gasteiger partial charge in [0.25, 0.3) is 0 Å². The van der Waals surface area contributed by atoms with E-state index in [1.165, 1.54) is 0 Å². The standard InChI is InChI=1S/C10H14ClNO/c1-7-4-9(11)5-8(10(7)13)6-12(2)3/h4-5,13H,6H2,1-3H3. The van der Waals surface area contributed by atoms with Crippen molar-refractivity contribution in [3.63, 3.8) is 0 Å². The number of phenolic OH excluding ortho intramolecular Hbond substituents is 1. The fourth-order valence-electron chi connectivity index (χ4n) is 1.27. The van der Waals surface area contributed by atoms with Crippen LogP contribution in [0.25, 0.3) is 0 Å². The molecule has 1 N–H and O–H groups in total. The second-order valence-corrected chi connectivity index (χ2v) is 3.90. The van der Waals surface area contributed by atoms with E-state index in [9.17, 15) is 5.11 Å². The van der Waals surface area contributed by atoms with Gasteiger partial charge in [0.05, 0.1) is 0 Å². The summed E-state index contributed by atoms with van der Waals surface area (Å²) in [6.07, 6.45) is 0. The van der Waals surface area contributed by atoms with Gasteiger partial charge in [0.1, 0.15) is 5.75 Å². The first-order chi connectivity index (χ1) is 6.00. The van der Waals surface area contributed by atoms with E-state index in [1.54, 1.807) is 12.1 Å². The molecule has 0 aliphatic heterocycles. The van der Waals surface area contributed by atoms with Gasteiger partial charge in [0, 0.05) is 17.1 Å². The summed E-state index contributed by atoms with van der Waals surface area (Å²) in [5.41, 5.74) is 1.69. The zero-order valence-electron chi connectivity index (χ0n) is 8.13. The van der Waals surface area contributed by atoms with Crippen LogP contribution in [-0.4, -0.2) is 24.1 Å². The molecule has 0 aliphatic carbocycles. The lowest BCUT2D eigenvalue weighted by Gasteiger charge is -2.12. The number of hydrogen-bond donors (Lipinski definition) is 1. The molecule has 0 aliphatic rings. The number of aryl methyl sites for hydroxylation is 1. The third-order valence-corrected chi connectivity index (χ3v) is 2.05. The Morgan fingerprint density at radius 1 is 1.38 bits per heavy atom. The summed E-state index contributed by atoms with van der Waals surface area (Å²) < 4.78 is 0. The smallest absolute Gasteiger partial charge is 0.123 e. The van der Waals surface area contributed by atoms with Crippen LogP contribution >= 0.6 is 11.6 Å². The van der Waals surface area contributed by atoms with E-state index in [2.05, 4.69) is 0 Å². The predicted octanol–water partition coefficient (Wildman–Crippen LogP) is 2.42. The molecule has 1 rings (SSSR count). The highest BCUT2D eigenvalue weighted by molar-refractivity contribution is 6.30. The molecule has 0 saturated heterocycles. The second-order valence-electron chi connectivity index (χ2n) is 3.47. The van der Waals surface area contributed by atoms with E-state index in [-0.39, 0.29) is 0 Å². The summed E-state index contributed by atoms with van der Waals surface area (Å²) in [7, 11) is 3.91. The number of rotatable bonds is 2. The van der Waals surface area contributed by atoms with Gasteiger partial charge in [0.2, 0.25) is 0 Å². The average molecular weight is 200 g/mol. The summed E-state index contributed by atoms with van der Waals surface area (Å²) >= 11 is 5.88. The zero-order valence-corrected chi connectivity index (χ0v) is 8.89. The van der Waals surface area contributed by atoms with Gasteiger partial charge in [-0.25, -0.2) is 0 Å². The lowest BCUT2D eigenvalue weighted by molar-refractivity contribution is 0.385. The van der Waals surface area contributed by atoms with Crippen LogP contribution in [0.5, 0.6) is 5.75 Å². The minimum Gasteiger partial charge on any atom is -0.507 e. The highest BCUT2D eigenvalue weighted by Gasteiger charge is 2.06. The Labute approximate surface area is 83.7 Å². The lowest BCUT2D eigenvalue weighted by Crippen LogP contribution is -2.10. The molecule has 0 spiro atoms. The topological polar surface area (TPSA) is 23.5 Å². The van der Waals surface area contributed by atoms with Crippen LogP contribution in [0.1, 0.15) is 11.1 Å². The molecule has 0 fully saturated rings. The molecule has 0 atom stereocenters. The van der Waals surface area contributed by atoms with Crippen LogP contribution in [0.2, 0.25) is 5.02 Å². The van der Waals surface area contributed by atoms with Crippen LogP contribution < -0.4 is 0 Å². The van der Waals surface area contributed by atoms with E-state index in [0.29, 0.717) is 17.3 Å². The Morgan fingerprint density at radius 2 is 2.00 bits per heavy atom. The molecule has 1 aromatic carbocycles. The van der Waals surface area contributed by atoms with Crippen molar-refractivity contribution >= 4 is 11.6 Å². The summed E-state index contributed by atoms with van der Waals surface area (Å²) in [5.74, 6) is 0.345. The van der Waals surface area contributed by atoms with Gasteiger partial charge in [-0.2, -0.15) is 0 Å². The number of hydrogen-bond acceptors (Lipinski definition) is 2. The molecule has 0 saturated carbocycles. The molecule has 1 aromatic rings. The molecular formula is C10H14ClNO. The third kappa shape index (κ3) is 2.61. The molecule has 2 nitrogen and oxygen atoms in total. The molecule has 0 bridgehead atoms. The van der Waals surface area contributed by atoms with E-state index in [0.717, 1.165) is 11.1 Å². The van der Waals surface area contributed by atoms with Gasteiger partial charge < -0.3 is 10.0 Å². The van der Waals surface area contributed by atoms with Crippen molar-refractivity contribution < 1.29 is 5.11 Å². The monoisotopic (exact) mass is 199 g/mol. The molecule has 0 heterocycles. The van der Waals surface area contributed by atoms with Gasteiger partial charge in [0.15, 0.2) is 0 Å². The van der Waals surface area contributed by atoms with Crippen LogP contribution in [-0.2, 0) is 6.54 Å². The maximum Gasteiger partial charge on any atom is 0.123 e. The van der Waals surface area contributed by atoms with E-state index < -0.39 is 0 Å². The molecule has 0 amide bonds. The SMILES string of the molecule is Cc1cc(Cl)cc(CN(C)C)c1O. The van der Waals surface area contributed by atoms with Crippen LogP contribution in [0, 0.1) is 6.92 Å². The van der Waals surface area contributed by atoms with Crippen LogP contribution in [0.15, 0.2) is 12.1 Å². The summed E-state index contributed by atoms with van der Waals surface area (Å²) in [5, 5.41) is 10.4. The first-order valence-electron chi connectivity index (χ1n) is 4.13. The maximum absolute atomic E-state index is 9.69. The number of aromatic hydroxyl groups is 1. The predicted molar refractivity (Wildman–Crippen MR) is 55.2 cm³/mol. The minimum atomic E-state index is 0.345. The Morgan fingerprint density at radius 3 is 2.54 bits per heavy atom. The van der Waals surface area contributed by atoms with Gasteiger partial charge in [-0.3, -0.25) is 0 Å². The Bertz CT molecular complexity index is 310. The number of halogens is 1. The summed E-state index contributed by atoms with van der Waals surface area (Å²) in [6.45, 7) is 2.55. The average Bonchev–Trinajstić information content (AvgIpc) is 1.98. The zero-order chi connectivity index (χ0) is 10.0. The maximum atomic E-state index is 9.69. The largest absolute Gasteiger partial charge is 0.507 e. The molecule has 13 heavy (non-hydrogen) atoms. The fraction of sp³-hybridized carbons (Fsp3) is 0.400. The minimum absolute atomic E-state index is 0.345. The Kier molecular flexibility index (Phi) is 3.17. The number of nitrogens with zero attached hydrogens (tertiary/aromatic N) is 1. The Hall–Kier alpha value is -0.730. The van der Waals surface area contributed by atoms with E-state index in [1.807, 2.05) is 25.9 Å². The fourth-order valence-corrected chi connectivity index (χ4v) is 1.56. The van der Waals surface area contributed by atoms with E-state index >= 15 is 0 Å².